The molecule has 46 heavy (non-hydrogen) atoms. The van der Waals surface area contributed by atoms with Crippen LogP contribution in [0, 0.1) is 0 Å². The largest absolute Gasteiger partial charge is 0.256 e. The van der Waals surface area contributed by atoms with Crippen molar-refractivity contribution in [1.29, 1.82) is 0 Å². The van der Waals surface area contributed by atoms with Gasteiger partial charge in [-0.25, -0.2) is 4.98 Å². The van der Waals surface area contributed by atoms with Crippen LogP contribution in [0.1, 0.15) is 0 Å². The fraction of sp³-hybridized carbons (Fsp3) is 0. The first-order valence-corrected chi connectivity index (χ1v) is 15.4. The molecule has 9 rings (SSSR count). The summed E-state index contributed by atoms with van der Waals surface area (Å²) in [6.07, 6.45) is 5.76. The van der Waals surface area contributed by atoms with Crippen molar-refractivity contribution < 1.29 is 0 Å². The minimum Gasteiger partial charge on any atom is -0.256 e. The van der Waals surface area contributed by atoms with E-state index in [1.165, 1.54) is 11.1 Å². The van der Waals surface area contributed by atoms with Crippen LogP contribution < -0.4 is 0 Å². The Bertz CT molecular complexity index is 2570. The molecule has 0 N–H and O–H groups in total. The Hall–Kier alpha value is -6.26. The lowest BCUT2D eigenvalue weighted by Gasteiger charge is -2.14. The van der Waals surface area contributed by atoms with Gasteiger partial charge in [-0.05, 0) is 46.2 Å². The van der Waals surface area contributed by atoms with E-state index in [4.69, 9.17) is 19.9 Å². The van der Waals surface area contributed by atoms with Crippen LogP contribution in [0.5, 0.6) is 0 Å². The Morgan fingerprint density at radius 2 is 0.891 bits per heavy atom. The van der Waals surface area contributed by atoms with Crippen molar-refractivity contribution in [2.45, 2.75) is 0 Å². The molecular weight excluding hydrogens is 560 g/mol. The molecule has 0 aliphatic heterocycles. The van der Waals surface area contributed by atoms with Crippen molar-refractivity contribution in [3.05, 3.63) is 158 Å². The zero-order chi connectivity index (χ0) is 30.5. The van der Waals surface area contributed by atoms with Crippen molar-refractivity contribution in [1.82, 2.24) is 19.9 Å². The Balaban J connectivity index is 1.28. The standard InChI is InChI=1S/C42H26N4/c1-2-8-27(9-3-1)28-14-16-29(17-15-28)38-24-37(40-23-31-11-5-7-13-33(31)26-45-40)36-19-18-35-34(20-21-43-41(35)42(36)46-38)39-22-30-10-4-6-12-32(30)25-44-39/h1-26H. The molecule has 0 unspecified atom stereocenters. The highest BCUT2D eigenvalue weighted by Crippen LogP contribution is 2.38. The summed E-state index contributed by atoms with van der Waals surface area (Å²) < 4.78 is 0. The van der Waals surface area contributed by atoms with Crippen molar-refractivity contribution in [2.75, 3.05) is 0 Å². The molecule has 4 nitrogen and oxygen atoms in total. The van der Waals surface area contributed by atoms with E-state index in [0.717, 1.165) is 77.1 Å². The van der Waals surface area contributed by atoms with Crippen LogP contribution in [-0.4, -0.2) is 19.9 Å². The van der Waals surface area contributed by atoms with Gasteiger partial charge in [0.1, 0.15) is 0 Å². The first kappa shape index (κ1) is 26.2. The quantitative estimate of drug-likeness (QED) is 0.193. The van der Waals surface area contributed by atoms with Crippen molar-refractivity contribution in [3.63, 3.8) is 0 Å². The summed E-state index contributed by atoms with van der Waals surface area (Å²) in [4.78, 5) is 20.0. The molecule has 4 heteroatoms. The van der Waals surface area contributed by atoms with E-state index in [1.54, 1.807) is 0 Å². The van der Waals surface area contributed by atoms with Crippen LogP contribution in [-0.2, 0) is 0 Å². The Labute approximate surface area is 265 Å². The van der Waals surface area contributed by atoms with Gasteiger partial charge in [0.25, 0.3) is 0 Å². The predicted molar refractivity (Wildman–Crippen MR) is 189 cm³/mol. The van der Waals surface area contributed by atoms with Crippen LogP contribution in [0.4, 0.5) is 0 Å². The fourth-order valence-electron chi connectivity index (χ4n) is 6.41. The van der Waals surface area contributed by atoms with E-state index in [9.17, 15) is 0 Å². The summed E-state index contributed by atoms with van der Waals surface area (Å²) in [5.41, 5.74) is 9.82. The summed E-state index contributed by atoms with van der Waals surface area (Å²) in [5, 5.41) is 6.56. The smallest absolute Gasteiger partial charge is 0.0979 e. The number of benzene rings is 5. The van der Waals surface area contributed by atoms with E-state index in [-0.39, 0.29) is 0 Å². The van der Waals surface area contributed by atoms with Gasteiger partial charge in [0.15, 0.2) is 0 Å². The highest BCUT2D eigenvalue weighted by atomic mass is 14.8. The fourth-order valence-corrected chi connectivity index (χ4v) is 6.41. The van der Waals surface area contributed by atoms with Gasteiger partial charge in [-0.2, -0.15) is 0 Å². The molecule has 0 spiro atoms. The van der Waals surface area contributed by atoms with Crippen LogP contribution in [0.2, 0.25) is 0 Å². The Morgan fingerprint density at radius 1 is 0.348 bits per heavy atom. The maximum absolute atomic E-state index is 5.30. The minimum absolute atomic E-state index is 0.842. The molecule has 4 heterocycles. The SMILES string of the molecule is c1ccc(-c2ccc(-c3cc(-c4cc5ccccc5cn4)c4ccc5c(-c6cc7ccccc7cn6)ccnc5c4n3)cc2)cc1. The van der Waals surface area contributed by atoms with E-state index in [2.05, 4.69) is 115 Å². The lowest BCUT2D eigenvalue weighted by atomic mass is 9.96. The number of rotatable bonds is 4. The third-order valence-corrected chi connectivity index (χ3v) is 8.79. The lowest BCUT2D eigenvalue weighted by Crippen LogP contribution is -1.95. The molecule has 0 aliphatic rings. The second-order valence-electron chi connectivity index (χ2n) is 11.5. The number of aromatic nitrogens is 4. The number of nitrogens with zero attached hydrogens (tertiary/aromatic N) is 4. The van der Waals surface area contributed by atoms with Crippen LogP contribution in [0.15, 0.2) is 158 Å². The van der Waals surface area contributed by atoms with E-state index < -0.39 is 0 Å². The normalized spacial score (nSPS) is 11.5. The molecule has 4 aromatic heterocycles. The van der Waals surface area contributed by atoms with Crippen molar-refractivity contribution in [3.8, 4) is 44.9 Å². The number of fused-ring (bicyclic) bond motifs is 5. The number of hydrogen-bond donors (Lipinski definition) is 0. The van der Waals surface area contributed by atoms with E-state index >= 15 is 0 Å². The summed E-state index contributed by atoms with van der Waals surface area (Å²) in [7, 11) is 0. The lowest BCUT2D eigenvalue weighted by molar-refractivity contribution is 1.33. The third kappa shape index (κ3) is 4.47. The van der Waals surface area contributed by atoms with Gasteiger partial charge in [0.05, 0.1) is 28.1 Å². The molecule has 0 saturated carbocycles. The van der Waals surface area contributed by atoms with Gasteiger partial charge in [-0.3, -0.25) is 15.0 Å². The van der Waals surface area contributed by atoms with Crippen LogP contribution >= 0.6 is 0 Å². The maximum Gasteiger partial charge on any atom is 0.0979 e. The molecule has 5 aromatic carbocycles. The first-order valence-electron chi connectivity index (χ1n) is 15.4. The molecule has 214 valence electrons. The Kier molecular flexibility index (Phi) is 6.10. The van der Waals surface area contributed by atoms with Gasteiger partial charge in [-0.1, -0.05) is 115 Å². The minimum atomic E-state index is 0.842. The monoisotopic (exact) mass is 586 g/mol. The molecule has 0 amide bonds. The molecule has 9 aromatic rings. The van der Waals surface area contributed by atoms with Gasteiger partial charge >= 0.3 is 0 Å². The zero-order valence-corrected chi connectivity index (χ0v) is 24.8. The summed E-state index contributed by atoms with van der Waals surface area (Å²) in [5.74, 6) is 0. The van der Waals surface area contributed by atoms with E-state index in [0.29, 0.717) is 0 Å². The highest BCUT2D eigenvalue weighted by Gasteiger charge is 2.17. The van der Waals surface area contributed by atoms with Gasteiger partial charge in [0.2, 0.25) is 0 Å². The van der Waals surface area contributed by atoms with Gasteiger partial charge in [-0.15, -0.1) is 0 Å². The summed E-state index contributed by atoms with van der Waals surface area (Å²) in [6, 6.07) is 48.5. The number of hydrogen-bond acceptors (Lipinski definition) is 4. The predicted octanol–water partition coefficient (Wildman–Crippen LogP) is 10.5. The van der Waals surface area contributed by atoms with Crippen molar-refractivity contribution in [2.24, 2.45) is 0 Å². The average Bonchev–Trinajstić information content (AvgIpc) is 3.14. The summed E-state index contributed by atoms with van der Waals surface area (Å²) >= 11 is 0. The molecule has 0 fully saturated rings. The van der Waals surface area contributed by atoms with E-state index in [1.807, 2.05) is 42.9 Å². The zero-order valence-electron chi connectivity index (χ0n) is 24.8. The summed E-state index contributed by atoms with van der Waals surface area (Å²) in [6.45, 7) is 0. The molecule has 0 bridgehead atoms. The number of pyridine rings is 4. The highest BCUT2D eigenvalue weighted by molar-refractivity contribution is 6.12. The Morgan fingerprint density at radius 3 is 1.57 bits per heavy atom. The second kappa shape index (κ2) is 10.7. The molecule has 0 saturated heterocycles. The van der Waals surface area contributed by atoms with Gasteiger partial charge in [0, 0.05) is 56.8 Å². The van der Waals surface area contributed by atoms with Crippen LogP contribution in [0.25, 0.3) is 88.2 Å². The molecule has 0 aliphatic carbocycles. The topological polar surface area (TPSA) is 51.6 Å². The van der Waals surface area contributed by atoms with Crippen LogP contribution in [0.3, 0.4) is 0 Å². The first-order chi connectivity index (χ1) is 22.8. The second-order valence-corrected chi connectivity index (χ2v) is 11.5. The van der Waals surface area contributed by atoms with Gasteiger partial charge < -0.3 is 0 Å². The average molecular weight is 587 g/mol. The maximum atomic E-state index is 5.30. The third-order valence-electron chi connectivity index (χ3n) is 8.79. The van der Waals surface area contributed by atoms with Crippen molar-refractivity contribution >= 4 is 43.4 Å². The molecule has 0 atom stereocenters. The molecular formula is C42H26N4. The molecule has 0 radical (unpaired) electrons.